The van der Waals surface area contributed by atoms with Gasteiger partial charge in [-0.1, -0.05) is 19.3 Å². The van der Waals surface area contributed by atoms with Gasteiger partial charge in [-0.3, -0.25) is 9.69 Å². The summed E-state index contributed by atoms with van der Waals surface area (Å²) in [5.41, 5.74) is 0. The summed E-state index contributed by atoms with van der Waals surface area (Å²) in [4.78, 5) is 16.8. The molecule has 1 saturated carbocycles. The second kappa shape index (κ2) is 8.85. The smallest absolute Gasteiger partial charge is 0.221 e. The number of aliphatic hydroxyl groups is 1. The summed E-state index contributed by atoms with van der Waals surface area (Å²) in [6.07, 6.45) is 6.49. The Morgan fingerprint density at radius 2 is 2.00 bits per heavy atom. The van der Waals surface area contributed by atoms with Gasteiger partial charge >= 0.3 is 0 Å². The van der Waals surface area contributed by atoms with E-state index in [4.69, 9.17) is 0 Å². The monoisotopic (exact) mass is 311 g/mol. The van der Waals surface area contributed by atoms with Crippen LogP contribution in [0.15, 0.2) is 0 Å². The standard InChI is InChI=1S/C17H33N3O2/c1-14-12-19(10-11-20(14)13-15(2)21)9-8-17(22)18-16-6-4-3-5-7-16/h14-16,21H,3-13H2,1-2H3,(H,18,22)/t14-,15+/m0/s1. The van der Waals surface area contributed by atoms with E-state index in [1.54, 1.807) is 0 Å². The normalized spacial score (nSPS) is 26.8. The van der Waals surface area contributed by atoms with Crippen LogP contribution in [0.2, 0.25) is 0 Å². The summed E-state index contributed by atoms with van der Waals surface area (Å²) >= 11 is 0. The number of nitrogens with one attached hydrogen (secondary N) is 1. The highest BCUT2D eigenvalue weighted by atomic mass is 16.3. The molecule has 1 aliphatic heterocycles. The predicted octanol–water partition coefficient (Wildman–Crippen LogP) is 1.21. The average Bonchev–Trinajstić information content (AvgIpc) is 2.48. The second-order valence-electron chi connectivity index (χ2n) is 7.15. The van der Waals surface area contributed by atoms with Crippen molar-refractivity contribution in [3.8, 4) is 0 Å². The van der Waals surface area contributed by atoms with E-state index in [2.05, 4.69) is 22.0 Å². The van der Waals surface area contributed by atoms with Crippen molar-refractivity contribution >= 4 is 5.91 Å². The van der Waals surface area contributed by atoms with E-state index < -0.39 is 0 Å². The van der Waals surface area contributed by atoms with Crippen LogP contribution in [-0.2, 0) is 4.79 Å². The van der Waals surface area contributed by atoms with Crippen molar-refractivity contribution in [3.63, 3.8) is 0 Å². The Kier molecular flexibility index (Phi) is 7.12. The van der Waals surface area contributed by atoms with Gasteiger partial charge in [-0.05, 0) is 26.7 Å². The van der Waals surface area contributed by atoms with Crippen molar-refractivity contribution in [2.45, 2.75) is 70.6 Å². The van der Waals surface area contributed by atoms with Gasteiger partial charge in [0.25, 0.3) is 0 Å². The van der Waals surface area contributed by atoms with Crippen LogP contribution in [0.5, 0.6) is 0 Å². The summed E-state index contributed by atoms with van der Waals surface area (Å²) in [6.45, 7) is 8.61. The van der Waals surface area contributed by atoms with Crippen molar-refractivity contribution < 1.29 is 9.90 Å². The van der Waals surface area contributed by atoms with Crippen LogP contribution < -0.4 is 5.32 Å². The van der Waals surface area contributed by atoms with Gasteiger partial charge in [-0.15, -0.1) is 0 Å². The summed E-state index contributed by atoms with van der Waals surface area (Å²) in [7, 11) is 0. The molecule has 2 aliphatic rings. The largest absolute Gasteiger partial charge is 0.392 e. The van der Waals surface area contributed by atoms with Gasteiger partial charge < -0.3 is 15.3 Å². The number of hydrogen-bond donors (Lipinski definition) is 2. The van der Waals surface area contributed by atoms with Crippen molar-refractivity contribution in [1.82, 2.24) is 15.1 Å². The third-order valence-electron chi connectivity index (χ3n) is 4.97. The number of carbonyl (C=O) groups excluding carboxylic acids is 1. The Bertz CT molecular complexity index is 343. The summed E-state index contributed by atoms with van der Waals surface area (Å²) < 4.78 is 0. The topological polar surface area (TPSA) is 55.8 Å². The van der Waals surface area contributed by atoms with Crippen molar-refractivity contribution in [3.05, 3.63) is 0 Å². The summed E-state index contributed by atoms with van der Waals surface area (Å²) in [5, 5.41) is 12.7. The number of rotatable bonds is 6. The molecule has 1 amide bonds. The Morgan fingerprint density at radius 3 is 2.64 bits per heavy atom. The number of aliphatic hydroxyl groups excluding tert-OH is 1. The molecule has 2 N–H and O–H groups in total. The van der Waals surface area contributed by atoms with Crippen molar-refractivity contribution in [2.24, 2.45) is 0 Å². The minimum absolute atomic E-state index is 0.214. The van der Waals surface area contributed by atoms with E-state index in [1.807, 2.05) is 6.92 Å². The number of carbonyl (C=O) groups is 1. The Labute approximate surface area is 135 Å². The molecule has 0 aromatic rings. The molecule has 1 saturated heterocycles. The first kappa shape index (κ1) is 17.7. The van der Waals surface area contributed by atoms with Gasteiger partial charge in [0.05, 0.1) is 6.10 Å². The molecule has 0 aromatic carbocycles. The zero-order valence-corrected chi connectivity index (χ0v) is 14.3. The van der Waals surface area contributed by atoms with Gasteiger partial charge in [0.2, 0.25) is 5.91 Å². The molecule has 0 spiro atoms. The van der Waals surface area contributed by atoms with Crippen LogP contribution >= 0.6 is 0 Å². The fraction of sp³-hybridized carbons (Fsp3) is 0.941. The summed E-state index contributed by atoms with van der Waals surface area (Å²) in [5.74, 6) is 0.214. The van der Waals surface area contributed by atoms with Gasteiger partial charge in [0, 0.05) is 51.2 Å². The minimum Gasteiger partial charge on any atom is -0.392 e. The molecule has 0 bridgehead atoms. The third-order valence-corrected chi connectivity index (χ3v) is 4.97. The van der Waals surface area contributed by atoms with Gasteiger partial charge in [-0.25, -0.2) is 0 Å². The second-order valence-corrected chi connectivity index (χ2v) is 7.15. The quantitative estimate of drug-likeness (QED) is 0.774. The summed E-state index contributed by atoms with van der Waals surface area (Å²) in [6, 6.07) is 0.868. The lowest BCUT2D eigenvalue weighted by Crippen LogP contribution is -2.53. The van der Waals surface area contributed by atoms with Gasteiger partial charge in [-0.2, -0.15) is 0 Å². The first-order valence-electron chi connectivity index (χ1n) is 8.98. The van der Waals surface area contributed by atoms with E-state index >= 15 is 0 Å². The van der Waals surface area contributed by atoms with Gasteiger partial charge in [0.1, 0.15) is 0 Å². The fourth-order valence-corrected chi connectivity index (χ4v) is 3.69. The zero-order chi connectivity index (χ0) is 15.9. The van der Waals surface area contributed by atoms with Crippen molar-refractivity contribution in [1.29, 1.82) is 0 Å². The molecule has 5 heteroatoms. The molecular formula is C17H33N3O2. The van der Waals surface area contributed by atoms with E-state index in [-0.39, 0.29) is 12.0 Å². The van der Waals surface area contributed by atoms with Crippen LogP contribution in [0.1, 0.15) is 52.4 Å². The first-order valence-corrected chi connectivity index (χ1v) is 8.98. The predicted molar refractivity (Wildman–Crippen MR) is 88.8 cm³/mol. The van der Waals surface area contributed by atoms with Crippen LogP contribution in [0, 0.1) is 0 Å². The molecule has 2 atom stereocenters. The molecule has 2 rings (SSSR count). The van der Waals surface area contributed by atoms with Crippen LogP contribution in [0.4, 0.5) is 0 Å². The maximum absolute atomic E-state index is 12.1. The highest BCUT2D eigenvalue weighted by Crippen LogP contribution is 2.17. The average molecular weight is 311 g/mol. The number of piperazine rings is 1. The lowest BCUT2D eigenvalue weighted by molar-refractivity contribution is -0.122. The number of amides is 1. The van der Waals surface area contributed by atoms with E-state index in [9.17, 15) is 9.90 Å². The zero-order valence-electron chi connectivity index (χ0n) is 14.3. The van der Waals surface area contributed by atoms with Crippen LogP contribution in [0.3, 0.4) is 0 Å². The van der Waals surface area contributed by atoms with E-state index in [0.717, 1.165) is 45.6 Å². The molecule has 128 valence electrons. The molecule has 5 nitrogen and oxygen atoms in total. The molecule has 1 heterocycles. The maximum atomic E-state index is 12.1. The maximum Gasteiger partial charge on any atom is 0.221 e. The molecule has 0 unspecified atom stereocenters. The SMILES string of the molecule is C[C@@H](O)CN1CCN(CCC(=O)NC2CCCCC2)C[C@@H]1C. The fourth-order valence-electron chi connectivity index (χ4n) is 3.69. The lowest BCUT2D eigenvalue weighted by atomic mass is 9.95. The highest BCUT2D eigenvalue weighted by Gasteiger charge is 2.24. The highest BCUT2D eigenvalue weighted by molar-refractivity contribution is 5.76. The number of β-amino-alcohol motifs (C(OH)–C–C–N with tert-alkyl or cyclic N) is 1. The van der Waals surface area contributed by atoms with Crippen LogP contribution in [0.25, 0.3) is 0 Å². The molecule has 0 radical (unpaired) electrons. The molecular weight excluding hydrogens is 278 g/mol. The molecule has 22 heavy (non-hydrogen) atoms. The number of hydrogen-bond acceptors (Lipinski definition) is 4. The molecule has 1 aliphatic carbocycles. The lowest BCUT2D eigenvalue weighted by Gasteiger charge is -2.40. The minimum atomic E-state index is -0.268. The number of nitrogens with zero attached hydrogens (tertiary/aromatic N) is 2. The Morgan fingerprint density at radius 1 is 1.27 bits per heavy atom. The van der Waals surface area contributed by atoms with Gasteiger partial charge in [0.15, 0.2) is 0 Å². The first-order chi connectivity index (χ1) is 10.5. The molecule has 0 aromatic heterocycles. The Hall–Kier alpha value is -0.650. The van der Waals surface area contributed by atoms with E-state index in [0.29, 0.717) is 18.5 Å². The Balaban J connectivity index is 1.64. The van der Waals surface area contributed by atoms with Crippen LogP contribution in [-0.4, -0.2) is 71.7 Å². The van der Waals surface area contributed by atoms with E-state index in [1.165, 1.54) is 19.3 Å². The molecule has 2 fully saturated rings. The van der Waals surface area contributed by atoms with Crippen molar-refractivity contribution in [2.75, 3.05) is 32.7 Å². The third kappa shape index (κ3) is 5.86.